The lowest BCUT2D eigenvalue weighted by molar-refractivity contribution is 0.164. The van der Waals surface area contributed by atoms with Crippen molar-refractivity contribution in [3.63, 3.8) is 0 Å². The maximum absolute atomic E-state index is 11.1. The Labute approximate surface area is 133 Å². The highest BCUT2D eigenvalue weighted by molar-refractivity contribution is 7.99. The number of rotatable bonds is 6. The van der Waals surface area contributed by atoms with E-state index in [2.05, 4.69) is 15.4 Å². The van der Waals surface area contributed by atoms with Crippen molar-refractivity contribution in [1.82, 2.24) is 5.32 Å². The summed E-state index contributed by atoms with van der Waals surface area (Å²) in [6.07, 6.45) is -0.631. The Morgan fingerprint density at radius 1 is 1.48 bits per heavy atom. The molecular formula is C13H19N3O3S2. The van der Waals surface area contributed by atoms with Crippen LogP contribution in [0, 0.1) is 0 Å². The first-order valence-corrected chi connectivity index (χ1v) is 7.72. The third kappa shape index (κ3) is 6.65. The van der Waals surface area contributed by atoms with E-state index >= 15 is 0 Å². The summed E-state index contributed by atoms with van der Waals surface area (Å²) in [6, 6.07) is 5.58. The molecule has 0 unspecified atom stereocenters. The van der Waals surface area contributed by atoms with Crippen molar-refractivity contribution in [2.75, 3.05) is 37.1 Å². The SMILES string of the molecule is CCOCCSc1ccc(N)c(NC(=S)NC(=O)OC)c1. The van der Waals surface area contributed by atoms with E-state index < -0.39 is 6.09 Å². The first kappa shape index (κ1) is 17.5. The third-order valence-electron chi connectivity index (χ3n) is 2.37. The number of thioether (sulfide) groups is 1. The van der Waals surface area contributed by atoms with E-state index in [-0.39, 0.29) is 5.11 Å². The van der Waals surface area contributed by atoms with Gasteiger partial charge in [0.2, 0.25) is 0 Å². The standard InChI is InChI=1S/C13H19N3O3S2/c1-3-19-6-7-21-9-4-5-10(14)11(8-9)15-12(20)16-13(17)18-2/h4-5,8H,3,6-7,14H2,1-2H3,(H2,15,16,17,20). The number of methoxy groups -OCH3 is 1. The zero-order chi connectivity index (χ0) is 15.7. The van der Waals surface area contributed by atoms with Crippen molar-refractivity contribution in [2.24, 2.45) is 0 Å². The fourth-order valence-corrected chi connectivity index (χ4v) is 2.39. The van der Waals surface area contributed by atoms with E-state index in [1.54, 1.807) is 17.8 Å². The third-order valence-corrected chi connectivity index (χ3v) is 3.54. The Hall–Kier alpha value is -1.51. The molecule has 0 heterocycles. The zero-order valence-electron chi connectivity index (χ0n) is 12.0. The van der Waals surface area contributed by atoms with Gasteiger partial charge >= 0.3 is 6.09 Å². The monoisotopic (exact) mass is 329 g/mol. The van der Waals surface area contributed by atoms with E-state index in [0.29, 0.717) is 24.6 Å². The second-order valence-corrected chi connectivity index (χ2v) is 5.44. The minimum Gasteiger partial charge on any atom is -0.453 e. The fraction of sp³-hybridized carbons (Fsp3) is 0.385. The molecule has 0 aliphatic heterocycles. The molecule has 0 aliphatic carbocycles. The molecule has 0 spiro atoms. The van der Waals surface area contributed by atoms with Gasteiger partial charge in [-0.3, -0.25) is 5.32 Å². The number of carbonyl (C=O) groups excluding carboxylic acids is 1. The average molecular weight is 329 g/mol. The Morgan fingerprint density at radius 2 is 2.24 bits per heavy atom. The van der Waals surface area contributed by atoms with Crippen LogP contribution in [0.1, 0.15) is 6.92 Å². The van der Waals surface area contributed by atoms with Crippen molar-refractivity contribution in [1.29, 1.82) is 0 Å². The summed E-state index contributed by atoms with van der Waals surface area (Å²) in [6.45, 7) is 3.37. The number of hydrogen-bond donors (Lipinski definition) is 3. The van der Waals surface area contributed by atoms with Gasteiger partial charge in [0, 0.05) is 17.3 Å². The predicted molar refractivity (Wildman–Crippen MR) is 89.8 cm³/mol. The van der Waals surface area contributed by atoms with Gasteiger partial charge < -0.3 is 20.5 Å². The van der Waals surface area contributed by atoms with Crippen molar-refractivity contribution in [3.05, 3.63) is 18.2 Å². The van der Waals surface area contributed by atoms with Crippen LogP contribution < -0.4 is 16.4 Å². The number of carbonyl (C=O) groups is 1. The quantitative estimate of drug-likeness (QED) is 0.320. The maximum Gasteiger partial charge on any atom is 0.413 e. The number of nitrogen functional groups attached to an aromatic ring is 1. The zero-order valence-corrected chi connectivity index (χ0v) is 13.6. The predicted octanol–water partition coefficient (Wildman–Crippen LogP) is 2.45. The van der Waals surface area contributed by atoms with Crippen LogP contribution in [0.5, 0.6) is 0 Å². The van der Waals surface area contributed by atoms with E-state index in [9.17, 15) is 4.79 Å². The van der Waals surface area contributed by atoms with Crippen LogP contribution in [-0.2, 0) is 9.47 Å². The lowest BCUT2D eigenvalue weighted by Gasteiger charge is -2.12. The molecule has 0 fully saturated rings. The van der Waals surface area contributed by atoms with Gasteiger partial charge in [0.15, 0.2) is 5.11 Å². The van der Waals surface area contributed by atoms with Gasteiger partial charge in [-0.2, -0.15) is 0 Å². The number of hydrogen-bond acceptors (Lipinski definition) is 6. The molecule has 1 amide bonds. The lowest BCUT2D eigenvalue weighted by Crippen LogP contribution is -2.34. The Kier molecular flexibility index (Phi) is 7.88. The number of benzene rings is 1. The van der Waals surface area contributed by atoms with E-state index in [0.717, 1.165) is 10.6 Å². The smallest absolute Gasteiger partial charge is 0.413 e. The molecule has 116 valence electrons. The molecule has 6 nitrogen and oxygen atoms in total. The van der Waals surface area contributed by atoms with E-state index in [1.807, 2.05) is 19.1 Å². The molecule has 1 rings (SSSR count). The largest absolute Gasteiger partial charge is 0.453 e. The molecule has 1 aromatic carbocycles. The van der Waals surface area contributed by atoms with Crippen LogP contribution in [-0.4, -0.2) is 37.3 Å². The van der Waals surface area contributed by atoms with Crippen LogP contribution in [0.4, 0.5) is 16.2 Å². The molecular weight excluding hydrogens is 310 g/mol. The molecule has 0 aromatic heterocycles. The number of anilines is 2. The van der Waals surface area contributed by atoms with Crippen molar-refractivity contribution in [2.45, 2.75) is 11.8 Å². The topological polar surface area (TPSA) is 85.6 Å². The van der Waals surface area contributed by atoms with Crippen molar-refractivity contribution in [3.8, 4) is 0 Å². The van der Waals surface area contributed by atoms with Crippen LogP contribution in [0.3, 0.4) is 0 Å². The number of nitrogens with one attached hydrogen (secondary N) is 2. The normalized spacial score (nSPS) is 10.0. The summed E-state index contributed by atoms with van der Waals surface area (Å²) in [5, 5.41) is 5.36. The Morgan fingerprint density at radius 3 is 2.90 bits per heavy atom. The van der Waals surface area contributed by atoms with Crippen LogP contribution in [0.25, 0.3) is 0 Å². The summed E-state index contributed by atoms with van der Waals surface area (Å²) in [5.74, 6) is 0.849. The molecule has 21 heavy (non-hydrogen) atoms. The van der Waals surface area contributed by atoms with Crippen molar-refractivity contribution >= 4 is 46.6 Å². The summed E-state index contributed by atoms with van der Waals surface area (Å²) >= 11 is 6.65. The van der Waals surface area contributed by atoms with Gasteiger partial charge in [-0.05, 0) is 37.3 Å². The lowest BCUT2D eigenvalue weighted by atomic mass is 10.3. The summed E-state index contributed by atoms with van der Waals surface area (Å²) in [5.41, 5.74) is 7.05. The van der Waals surface area contributed by atoms with Gasteiger partial charge in [0.25, 0.3) is 0 Å². The summed E-state index contributed by atoms with van der Waals surface area (Å²) < 4.78 is 9.75. The number of nitrogens with two attached hydrogens (primary N) is 1. The van der Waals surface area contributed by atoms with E-state index in [4.69, 9.17) is 22.7 Å². The second kappa shape index (κ2) is 9.43. The van der Waals surface area contributed by atoms with Crippen molar-refractivity contribution < 1.29 is 14.3 Å². The van der Waals surface area contributed by atoms with Gasteiger partial charge in [-0.1, -0.05) is 0 Å². The molecule has 0 atom stereocenters. The maximum atomic E-state index is 11.1. The highest BCUT2D eigenvalue weighted by Gasteiger charge is 2.07. The average Bonchev–Trinajstić information content (AvgIpc) is 2.46. The molecule has 0 radical (unpaired) electrons. The number of ether oxygens (including phenoxy) is 2. The number of thiocarbonyl (C=S) groups is 1. The van der Waals surface area contributed by atoms with E-state index in [1.165, 1.54) is 7.11 Å². The summed E-state index contributed by atoms with van der Waals surface area (Å²) in [7, 11) is 1.27. The van der Waals surface area contributed by atoms with Crippen LogP contribution in [0.15, 0.2) is 23.1 Å². The molecule has 0 saturated carbocycles. The molecule has 8 heteroatoms. The fourth-order valence-electron chi connectivity index (χ4n) is 1.39. The summed E-state index contributed by atoms with van der Waals surface area (Å²) in [4.78, 5) is 12.1. The van der Waals surface area contributed by atoms with Gasteiger partial charge in [-0.15, -0.1) is 11.8 Å². The van der Waals surface area contributed by atoms with Gasteiger partial charge in [0.1, 0.15) is 0 Å². The highest BCUT2D eigenvalue weighted by Crippen LogP contribution is 2.26. The number of amides is 1. The molecule has 0 aliphatic rings. The molecule has 0 saturated heterocycles. The first-order chi connectivity index (χ1) is 10.1. The molecule has 4 N–H and O–H groups in total. The first-order valence-electron chi connectivity index (χ1n) is 6.32. The van der Waals surface area contributed by atoms with Crippen LogP contribution >= 0.6 is 24.0 Å². The molecule has 0 bridgehead atoms. The molecule has 1 aromatic rings. The van der Waals surface area contributed by atoms with Gasteiger partial charge in [-0.25, -0.2) is 4.79 Å². The Bertz CT molecular complexity index is 498. The van der Waals surface area contributed by atoms with Crippen LogP contribution in [0.2, 0.25) is 0 Å². The number of alkyl carbamates (subject to hydrolysis) is 1. The van der Waals surface area contributed by atoms with Gasteiger partial charge in [0.05, 0.1) is 25.1 Å². The minimum absolute atomic E-state index is 0.130. The Balaban J connectivity index is 2.60. The second-order valence-electron chi connectivity index (χ2n) is 3.87. The highest BCUT2D eigenvalue weighted by atomic mass is 32.2. The minimum atomic E-state index is -0.631.